The first-order valence-electron chi connectivity index (χ1n) is 12.3. The van der Waals surface area contributed by atoms with Gasteiger partial charge in [0.2, 0.25) is 5.91 Å². The molecule has 9 nitrogen and oxygen atoms in total. The van der Waals surface area contributed by atoms with Crippen LogP contribution in [0.25, 0.3) is 0 Å². The van der Waals surface area contributed by atoms with Gasteiger partial charge in [-0.1, -0.05) is 29.8 Å². The number of aryl methyl sites for hydroxylation is 1. The van der Waals surface area contributed by atoms with E-state index in [1.807, 2.05) is 13.8 Å². The van der Waals surface area contributed by atoms with Crippen molar-refractivity contribution in [3.63, 3.8) is 0 Å². The van der Waals surface area contributed by atoms with Gasteiger partial charge in [0.15, 0.2) is 0 Å². The number of nitrogens with zero attached hydrogens (tertiary/aromatic N) is 1. The Morgan fingerprint density at radius 1 is 0.923 bits per heavy atom. The van der Waals surface area contributed by atoms with Crippen molar-refractivity contribution < 1.29 is 27.2 Å². The smallest absolute Gasteiger partial charge is 0.264 e. The van der Waals surface area contributed by atoms with Gasteiger partial charge < -0.3 is 19.8 Å². The second-order valence-corrected chi connectivity index (χ2v) is 10.5. The van der Waals surface area contributed by atoms with Crippen LogP contribution < -0.4 is 19.7 Å². The minimum absolute atomic E-state index is 0.0111. The van der Waals surface area contributed by atoms with Crippen LogP contribution in [0.5, 0.6) is 5.75 Å². The molecule has 4 aromatic rings. The van der Waals surface area contributed by atoms with Crippen molar-refractivity contribution >= 4 is 33.2 Å². The molecule has 0 aliphatic rings. The number of carbonyl (C=O) groups excluding carboxylic acids is 2. The average molecular weight is 548 g/mol. The van der Waals surface area contributed by atoms with Crippen LogP contribution in [0.3, 0.4) is 0 Å². The molecule has 3 aromatic carbocycles. The summed E-state index contributed by atoms with van der Waals surface area (Å²) in [4.78, 5) is 26.0. The molecule has 4 rings (SSSR count). The van der Waals surface area contributed by atoms with Crippen molar-refractivity contribution in [1.29, 1.82) is 0 Å². The summed E-state index contributed by atoms with van der Waals surface area (Å²) in [7, 11) is -4.12. The summed E-state index contributed by atoms with van der Waals surface area (Å²) in [5, 5.41) is 5.44. The molecule has 0 aliphatic carbocycles. The number of anilines is 2. The van der Waals surface area contributed by atoms with Gasteiger partial charge in [-0.05, 0) is 74.5 Å². The molecule has 1 heterocycles. The Balaban J connectivity index is 1.56. The van der Waals surface area contributed by atoms with Crippen LogP contribution in [-0.4, -0.2) is 33.4 Å². The molecule has 2 N–H and O–H groups in total. The number of para-hydroxylation sites is 1. The number of ether oxygens (including phenoxy) is 1. The first kappa shape index (κ1) is 27.5. The van der Waals surface area contributed by atoms with E-state index in [0.29, 0.717) is 23.8 Å². The minimum atomic E-state index is -4.12. The topological polar surface area (TPSA) is 118 Å². The summed E-state index contributed by atoms with van der Waals surface area (Å²) in [6.07, 6.45) is 1.51. The fourth-order valence-corrected chi connectivity index (χ4v) is 5.23. The highest BCUT2D eigenvalue weighted by molar-refractivity contribution is 7.92. The Labute approximate surface area is 227 Å². The van der Waals surface area contributed by atoms with E-state index in [2.05, 4.69) is 10.6 Å². The fraction of sp³-hybridized carbons (Fsp3) is 0.172. The second kappa shape index (κ2) is 12.3. The molecule has 2 amide bonds. The van der Waals surface area contributed by atoms with E-state index in [0.717, 1.165) is 9.87 Å². The van der Waals surface area contributed by atoms with Gasteiger partial charge in [-0.3, -0.25) is 13.9 Å². The Kier molecular flexibility index (Phi) is 8.67. The van der Waals surface area contributed by atoms with E-state index < -0.39 is 28.4 Å². The third-order valence-corrected chi connectivity index (χ3v) is 7.57. The highest BCUT2D eigenvalue weighted by Crippen LogP contribution is 2.26. The third-order valence-electron chi connectivity index (χ3n) is 5.78. The van der Waals surface area contributed by atoms with Crippen LogP contribution in [0.15, 0.2) is 101 Å². The van der Waals surface area contributed by atoms with Gasteiger partial charge >= 0.3 is 0 Å². The summed E-state index contributed by atoms with van der Waals surface area (Å²) in [5.74, 6) is 0.0900. The Morgan fingerprint density at radius 3 is 2.31 bits per heavy atom. The molecule has 0 unspecified atom stereocenters. The van der Waals surface area contributed by atoms with E-state index in [1.54, 1.807) is 72.8 Å². The third kappa shape index (κ3) is 6.85. The number of furan rings is 1. The van der Waals surface area contributed by atoms with Crippen LogP contribution in [0, 0.1) is 6.92 Å². The predicted octanol–water partition coefficient (Wildman–Crippen LogP) is 4.75. The molecular weight excluding hydrogens is 518 g/mol. The number of sulfonamides is 1. The molecule has 0 bridgehead atoms. The van der Waals surface area contributed by atoms with Gasteiger partial charge in [0.1, 0.15) is 18.1 Å². The number of amides is 2. The lowest BCUT2D eigenvalue weighted by atomic mass is 10.1. The van der Waals surface area contributed by atoms with Crippen molar-refractivity contribution in [3.8, 4) is 5.75 Å². The number of rotatable bonds is 11. The fourth-order valence-electron chi connectivity index (χ4n) is 3.81. The normalized spacial score (nSPS) is 11.0. The molecule has 0 atom stereocenters. The maximum Gasteiger partial charge on any atom is 0.264 e. The van der Waals surface area contributed by atoms with Gasteiger partial charge in [-0.25, -0.2) is 8.42 Å². The molecule has 0 spiro atoms. The summed E-state index contributed by atoms with van der Waals surface area (Å²) >= 11 is 0. The zero-order valence-electron chi connectivity index (χ0n) is 21.6. The van der Waals surface area contributed by atoms with Crippen LogP contribution >= 0.6 is 0 Å². The van der Waals surface area contributed by atoms with Crippen molar-refractivity contribution in [1.82, 2.24) is 5.32 Å². The van der Waals surface area contributed by atoms with Gasteiger partial charge in [0.05, 0.1) is 41.2 Å². The van der Waals surface area contributed by atoms with Gasteiger partial charge in [0.25, 0.3) is 15.9 Å². The van der Waals surface area contributed by atoms with Crippen LogP contribution in [0.1, 0.15) is 28.6 Å². The molecular formula is C29H29N3O6S. The quantitative estimate of drug-likeness (QED) is 0.280. The summed E-state index contributed by atoms with van der Waals surface area (Å²) < 4.78 is 39.1. The first-order valence-corrected chi connectivity index (χ1v) is 13.7. The molecule has 1 aromatic heterocycles. The predicted molar refractivity (Wildman–Crippen MR) is 148 cm³/mol. The lowest BCUT2D eigenvalue weighted by molar-refractivity contribution is -0.114. The summed E-state index contributed by atoms with van der Waals surface area (Å²) in [5.41, 5.74) is 1.75. The van der Waals surface area contributed by atoms with Crippen LogP contribution in [-0.2, 0) is 21.4 Å². The molecule has 0 saturated heterocycles. The van der Waals surface area contributed by atoms with Crippen LogP contribution in [0.2, 0.25) is 0 Å². The monoisotopic (exact) mass is 547 g/mol. The highest BCUT2D eigenvalue weighted by Gasteiger charge is 2.28. The lowest BCUT2D eigenvalue weighted by Gasteiger charge is -2.24. The number of hydrogen-bond donors (Lipinski definition) is 2. The number of benzene rings is 3. The standard InChI is InChI=1S/C29H29N3O6S/c1-3-37-23-14-16-25(17-15-23)39(35,36)32(22-12-10-21(2)11-13-22)20-28(33)31-27-9-5-4-8-26(27)29(34)30-19-24-7-6-18-38-24/h4-18H,3,19-20H2,1-2H3,(H,30,34)(H,31,33). The SMILES string of the molecule is CCOc1ccc(S(=O)(=O)N(CC(=O)Nc2ccccc2C(=O)NCc2ccco2)c2ccc(C)cc2)cc1. The van der Waals surface area contributed by atoms with E-state index in [9.17, 15) is 18.0 Å². The molecule has 0 radical (unpaired) electrons. The summed E-state index contributed by atoms with van der Waals surface area (Å²) in [6.45, 7) is 3.83. The zero-order chi connectivity index (χ0) is 27.8. The lowest BCUT2D eigenvalue weighted by Crippen LogP contribution is -2.38. The summed E-state index contributed by atoms with van der Waals surface area (Å²) in [6, 6.07) is 22.8. The Morgan fingerprint density at radius 2 is 1.64 bits per heavy atom. The van der Waals surface area contributed by atoms with Crippen LogP contribution in [0.4, 0.5) is 11.4 Å². The number of carbonyl (C=O) groups is 2. The largest absolute Gasteiger partial charge is 0.494 e. The maximum absolute atomic E-state index is 13.7. The minimum Gasteiger partial charge on any atom is -0.494 e. The molecule has 202 valence electrons. The van der Waals surface area contributed by atoms with Gasteiger partial charge in [-0.15, -0.1) is 0 Å². The average Bonchev–Trinajstić information content (AvgIpc) is 3.46. The molecule has 0 fully saturated rings. The Bertz CT molecular complexity index is 1520. The van der Waals surface area contributed by atoms with Gasteiger partial charge in [0, 0.05) is 0 Å². The molecule has 0 saturated carbocycles. The van der Waals surface area contributed by atoms with Crippen molar-refractivity contribution in [3.05, 3.63) is 108 Å². The van der Waals surface area contributed by atoms with E-state index >= 15 is 0 Å². The number of nitrogens with one attached hydrogen (secondary N) is 2. The maximum atomic E-state index is 13.7. The second-order valence-electron chi connectivity index (χ2n) is 8.61. The first-order chi connectivity index (χ1) is 18.8. The van der Waals surface area contributed by atoms with Crippen molar-refractivity contribution in [2.75, 3.05) is 22.8 Å². The van der Waals surface area contributed by atoms with E-state index in [4.69, 9.17) is 9.15 Å². The van der Waals surface area contributed by atoms with Gasteiger partial charge in [-0.2, -0.15) is 0 Å². The highest BCUT2D eigenvalue weighted by atomic mass is 32.2. The molecule has 39 heavy (non-hydrogen) atoms. The zero-order valence-corrected chi connectivity index (χ0v) is 22.4. The molecule has 10 heteroatoms. The van der Waals surface area contributed by atoms with Crippen molar-refractivity contribution in [2.24, 2.45) is 0 Å². The van der Waals surface area contributed by atoms with Crippen molar-refractivity contribution in [2.45, 2.75) is 25.3 Å². The Hall–Kier alpha value is -4.57. The molecule has 0 aliphatic heterocycles. The number of hydrogen-bond acceptors (Lipinski definition) is 6. The van der Waals surface area contributed by atoms with E-state index in [1.165, 1.54) is 18.4 Å². The van der Waals surface area contributed by atoms with E-state index in [-0.39, 0.29) is 22.7 Å².